The van der Waals surface area contributed by atoms with Crippen molar-refractivity contribution in [1.82, 2.24) is 0 Å². The quantitative estimate of drug-likeness (QED) is 0.857. The highest BCUT2D eigenvalue weighted by Gasteiger charge is 2.34. The van der Waals surface area contributed by atoms with Crippen LogP contribution < -0.4 is 10.6 Å². The number of benzene rings is 1. The second kappa shape index (κ2) is 4.93. The Morgan fingerprint density at radius 3 is 2.68 bits per heavy atom. The Morgan fingerprint density at radius 2 is 2.16 bits per heavy atom. The molecule has 0 bridgehead atoms. The van der Waals surface area contributed by atoms with Gasteiger partial charge in [0.15, 0.2) is 11.6 Å². The Kier molecular flexibility index (Phi) is 3.48. The van der Waals surface area contributed by atoms with Gasteiger partial charge in [0, 0.05) is 13.0 Å². The fourth-order valence-electron chi connectivity index (χ4n) is 2.13. The van der Waals surface area contributed by atoms with E-state index >= 15 is 0 Å². The summed E-state index contributed by atoms with van der Waals surface area (Å²) in [6.07, 6.45) is 0.103. The molecule has 1 fully saturated rings. The van der Waals surface area contributed by atoms with Gasteiger partial charge in [0.2, 0.25) is 5.91 Å². The summed E-state index contributed by atoms with van der Waals surface area (Å²) in [6.45, 7) is 0.317. The molecular formula is C12H12F2N2O3. The molecule has 1 heterocycles. The minimum atomic E-state index is -1.42. The molecule has 1 aliphatic heterocycles. The Hall–Kier alpha value is -2.02. The van der Waals surface area contributed by atoms with Crippen molar-refractivity contribution in [3.8, 4) is 0 Å². The molecule has 5 nitrogen and oxygen atoms in total. The number of carboxylic acids is 1. The van der Waals surface area contributed by atoms with Crippen molar-refractivity contribution >= 4 is 17.6 Å². The SMILES string of the molecule is NCC1CC(=O)N(c2c(C(=O)O)ccc(F)c2F)C1. The summed E-state index contributed by atoms with van der Waals surface area (Å²) in [5.41, 5.74) is 4.48. The van der Waals surface area contributed by atoms with E-state index in [9.17, 15) is 18.4 Å². The maximum absolute atomic E-state index is 13.8. The van der Waals surface area contributed by atoms with Gasteiger partial charge < -0.3 is 15.7 Å². The summed E-state index contributed by atoms with van der Waals surface area (Å²) in [4.78, 5) is 23.8. The highest BCUT2D eigenvalue weighted by molar-refractivity contribution is 6.03. The summed E-state index contributed by atoms with van der Waals surface area (Å²) in [5, 5.41) is 9.00. The summed E-state index contributed by atoms with van der Waals surface area (Å²) in [7, 11) is 0. The number of amides is 1. The van der Waals surface area contributed by atoms with Gasteiger partial charge in [-0.25, -0.2) is 13.6 Å². The number of hydrogen-bond donors (Lipinski definition) is 2. The summed E-state index contributed by atoms with van der Waals surface area (Å²) >= 11 is 0. The smallest absolute Gasteiger partial charge is 0.337 e. The van der Waals surface area contributed by atoms with Crippen LogP contribution in [0.2, 0.25) is 0 Å². The molecule has 1 aromatic carbocycles. The predicted molar refractivity (Wildman–Crippen MR) is 62.8 cm³/mol. The Morgan fingerprint density at radius 1 is 1.47 bits per heavy atom. The predicted octanol–water partition coefficient (Wildman–Crippen LogP) is 0.975. The molecule has 1 atom stereocenters. The normalized spacial score (nSPS) is 19.0. The van der Waals surface area contributed by atoms with Gasteiger partial charge in [0.05, 0.1) is 11.3 Å². The minimum absolute atomic E-state index is 0.0932. The van der Waals surface area contributed by atoms with Gasteiger partial charge in [0.25, 0.3) is 0 Å². The standard InChI is InChI=1S/C12H12F2N2O3/c13-8-2-1-7(12(18)19)11(10(8)14)16-5-6(4-15)3-9(16)17/h1-2,6H,3-5,15H2,(H,18,19). The number of aromatic carboxylic acids is 1. The molecule has 7 heteroatoms. The lowest BCUT2D eigenvalue weighted by molar-refractivity contribution is -0.117. The van der Waals surface area contributed by atoms with Crippen molar-refractivity contribution < 1.29 is 23.5 Å². The van der Waals surface area contributed by atoms with E-state index < -0.39 is 34.8 Å². The fourth-order valence-corrected chi connectivity index (χ4v) is 2.13. The van der Waals surface area contributed by atoms with Crippen molar-refractivity contribution in [2.75, 3.05) is 18.0 Å². The molecule has 3 N–H and O–H groups in total. The van der Waals surface area contributed by atoms with Crippen LogP contribution in [0.15, 0.2) is 12.1 Å². The van der Waals surface area contributed by atoms with Crippen LogP contribution in [0.5, 0.6) is 0 Å². The highest BCUT2D eigenvalue weighted by atomic mass is 19.2. The number of carboxylic acid groups (broad SMARTS) is 1. The van der Waals surface area contributed by atoms with E-state index in [1.807, 2.05) is 0 Å². The van der Waals surface area contributed by atoms with Crippen LogP contribution >= 0.6 is 0 Å². The van der Waals surface area contributed by atoms with Crippen LogP contribution in [-0.2, 0) is 4.79 Å². The molecule has 0 aromatic heterocycles. The second-order valence-corrected chi connectivity index (χ2v) is 4.37. The Balaban J connectivity index is 2.52. The zero-order valence-corrected chi connectivity index (χ0v) is 9.90. The van der Waals surface area contributed by atoms with Gasteiger partial charge in [-0.3, -0.25) is 4.79 Å². The zero-order chi connectivity index (χ0) is 14.2. The molecule has 1 unspecified atom stereocenters. The summed E-state index contributed by atoms with van der Waals surface area (Å²) < 4.78 is 27.1. The Bertz CT molecular complexity index is 548. The van der Waals surface area contributed by atoms with Crippen LogP contribution in [0.1, 0.15) is 16.8 Å². The van der Waals surface area contributed by atoms with Gasteiger partial charge >= 0.3 is 5.97 Å². The molecular weight excluding hydrogens is 258 g/mol. The van der Waals surface area contributed by atoms with Crippen LogP contribution in [0, 0.1) is 17.6 Å². The topological polar surface area (TPSA) is 83.6 Å². The molecule has 0 radical (unpaired) electrons. The molecule has 0 spiro atoms. The largest absolute Gasteiger partial charge is 0.478 e. The van der Waals surface area contributed by atoms with Crippen LogP contribution in [-0.4, -0.2) is 30.1 Å². The van der Waals surface area contributed by atoms with Gasteiger partial charge in [0.1, 0.15) is 0 Å². The monoisotopic (exact) mass is 270 g/mol. The number of nitrogens with zero attached hydrogens (tertiary/aromatic N) is 1. The first-order valence-corrected chi connectivity index (χ1v) is 5.67. The molecule has 1 aromatic rings. The highest BCUT2D eigenvalue weighted by Crippen LogP contribution is 2.31. The maximum Gasteiger partial charge on any atom is 0.337 e. The van der Waals surface area contributed by atoms with Crippen molar-refractivity contribution in [2.24, 2.45) is 11.7 Å². The lowest BCUT2D eigenvalue weighted by Gasteiger charge is -2.19. The minimum Gasteiger partial charge on any atom is -0.478 e. The molecule has 1 amide bonds. The third-order valence-electron chi connectivity index (χ3n) is 3.11. The maximum atomic E-state index is 13.8. The van der Waals surface area contributed by atoms with Crippen molar-refractivity contribution in [2.45, 2.75) is 6.42 Å². The van der Waals surface area contributed by atoms with E-state index in [0.29, 0.717) is 0 Å². The van der Waals surface area contributed by atoms with Gasteiger partial charge in [-0.1, -0.05) is 0 Å². The summed E-state index contributed by atoms with van der Waals surface area (Å²) in [6, 6.07) is 1.67. The molecule has 2 rings (SSSR count). The first-order valence-electron chi connectivity index (χ1n) is 5.67. The molecule has 1 saturated heterocycles. The molecule has 0 saturated carbocycles. The van der Waals surface area contributed by atoms with Crippen LogP contribution in [0.25, 0.3) is 0 Å². The number of anilines is 1. The molecule has 1 aliphatic rings. The van der Waals surface area contributed by atoms with E-state index in [4.69, 9.17) is 10.8 Å². The first kappa shape index (κ1) is 13.4. The summed E-state index contributed by atoms with van der Waals surface area (Å²) in [5.74, 6) is -4.58. The Labute approximate surface area is 107 Å². The number of carbonyl (C=O) groups is 2. The number of rotatable bonds is 3. The molecule has 0 aliphatic carbocycles. The third-order valence-corrected chi connectivity index (χ3v) is 3.11. The molecule has 19 heavy (non-hydrogen) atoms. The molecule has 102 valence electrons. The van der Waals surface area contributed by atoms with E-state index in [0.717, 1.165) is 17.0 Å². The fraction of sp³-hybridized carbons (Fsp3) is 0.333. The van der Waals surface area contributed by atoms with Crippen molar-refractivity contribution in [3.63, 3.8) is 0 Å². The van der Waals surface area contributed by atoms with Crippen molar-refractivity contribution in [1.29, 1.82) is 0 Å². The second-order valence-electron chi connectivity index (χ2n) is 4.37. The lowest BCUT2D eigenvalue weighted by Crippen LogP contribution is -2.29. The average molecular weight is 270 g/mol. The number of hydrogen-bond acceptors (Lipinski definition) is 3. The number of nitrogens with two attached hydrogens (primary N) is 1. The van der Waals surface area contributed by atoms with E-state index in [2.05, 4.69) is 0 Å². The average Bonchev–Trinajstić information content (AvgIpc) is 2.73. The van der Waals surface area contributed by atoms with Gasteiger partial charge in [-0.05, 0) is 24.6 Å². The van der Waals surface area contributed by atoms with Crippen LogP contribution in [0.4, 0.5) is 14.5 Å². The van der Waals surface area contributed by atoms with Crippen LogP contribution in [0.3, 0.4) is 0 Å². The van der Waals surface area contributed by atoms with Gasteiger partial charge in [-0.2, -0.15) is 0 Å². The first-order chi connectivity index (χ1) is 8.95. The lowest BCUT2D eigenvalue weighted by atomic mass is 10.1. The van der Waals surface area contributed by atoms with E-state index in [-0.39, 0.29) is 25.4 Å². The van der Waals surface area contributed by atoms with Crippen molar-refractivity contribution in [3.05, 3.63) is 29.3 Å². The third kappa shape index (κ3) is 2.28. The number of halogens is 2. The van der Waals surface area contributed by atoms with Gasteiger partial charge in [-0.15, -0.1) is 0 Å². The van der Waals surface area contributed by atoms with E-state index in [1.165, 1.54) is 0 Å². The van der Waals surface area contributed by atoms with E-state index in [1.54, 1.807) is 0 Å². The zero-order valence-electron chi connectivity index (χ0n) is 9.90. The number of carbonyl (C=O) groups excluding carboxylic acids is 1.